The summed E-state index contributed by atoms with van der Waals surface area (Å²) in [5, 5.41) is 22.8. The number of fused-ring (bicyclic) bond motifs is 1. The maximum absolute atomic E-state index is 12.9. The molecule has 1 fully saturated rings. The molecule has 2 amide bonds. The molecule has 1 saturated carbocycles. The highest BCUT2D eigenvalue weighted by Gasteiger charge is 2.38. The van der Waals surface area contributed by atoms with Gasteiger partial charge in [0.2, 0.25) is 5.91 Å². The lowest BCUT2D eigenvalue weighted by Gasteiger charge is -2.39. The zero-order chi connectivity index (χ0) is 24.1. The Balaban J connectivity index is 1.43. The van der Waals surface area contributed by atoms with Gasteiger partial charge >= 0.3 is 0 Å². The van der Waals surface area contributed by atoms with Gasteiger partial charge in [-0.05, 0) is 69.0 Å². The molecule has 8 heteroatoms. The van der Waals surface area contributed by atoms with Gasteiger partial charge in [0.05, 0.1) is 18.0 Å². The summed E-state index contributed by atoms with van der Waals surface area (Å²) in [6.07, 6.45) is 1.37. The maximum Gasteiger partial charge on any atom is 0.251 e. The molecule has 1 aromatic heterocycles. The Bertz CT molecular complexity index is 1170. The smallest absolute Gasteiger partial charge is 0.251 e. The summed E-state index contributed by atoms with van der Waals surface area (Å²) in [7, 11) is 0. The van der Waals surface area contributed by atoms with Crippen LogP contribution >= 0.6 is 0 Å². The van der Waals surface area contributed by atoms with Crippen LogP contribution in [0.15, 0.2) is 54.6 Å². The van der Waals surface area contributed by atoms with Gasteiger partial charge in [-0.15, -0.1) is 0 Å². The van der Waals surface area contributed by atoms with E-state index in [0.29, 0.717) is 43.6 Å². The Kier molecular flexibility index (Phi) is 7.09. The maximum atomic E-state index is 12.9. The first-order valence-corrected chi connectivity index (χ1v) is 11.4. The molecule has 1 aliphatic carbocycles. The Hall–Kier alpha value is -3.49. The second kappa shape index (κ2) is 10.2. The van der Waals surface area contributed by atoms with Gasteiger partial charge in [-0.2, -0.15) is 0 Å². The molecule has 1 heterocycles. The third-order valence-electron chi connectivity index (χ3n) is 6.36. The molecule has 0 aliphatic heterocycles. The zero-order valence-corrected chi connectivity index (χ0v) is 19.1. The fourth-order valence-corrected chi connectivity index (χ4v) is 4.54. The van der Waals surface area contributed by atoms with Crippen molar-refractivity contribution < 1.29 is 24.6 Å². The van der Waals surface area contributed by atoms with Gasteiger partial charge in [-0.3, -0.25) is 19.8 Å². The van der Waals surface area contributed by atoms with E-state index in [2.05, 4.69) is 10.3 Å². The summed E-state index contributed by atoms with van der Waals surface area (Å²) in [5.41, 5.74) is 4.15. The van der Waals surface area contributed by atoms with Crippen molar-refractivity contribution in [3.63, 3.8) is 0 Å². The van der Waals surface area contributed by atoms with Gasteiger partial charge < -0.3 is 15.2 Å². The molecule has 2 aromatic carbocycles. The standard InChI is InChI=1S/C26H29N3O5/c1-17-14-19(22-4-2-3-5-23(22)27-17)16-34-21-8-6-18(7-9-21)25(32)28-26(15-24(31)29-33)12-10-20(30)11-13-26/h2-9,14,20,30,33H,10-13,15-16H2,1H3,(H,28,32)(H,29,31)/t20-,26-. The average Bonchev–Trinajstić information content (AvgIpc) is 2.84. The summed E-state index contributed by atoms with van der Waals surface area (Å²) in [5.74, 6) is -0.256. The van der Waals surface area contributed by atoms with Gasteiger partial charge in [-0.1, -0.05) is 18.2 Å². The topological polar surface area (TPSA) is 121 Å². The number of aromatic nitrogens is 1. The second-order valence-electron chi connectivity index (χ2n) is 8.93. The van der Waals surface area contributed by atoms with Gasteiger partial charge in [0.15, 0.2) is 0 Å². The van der Waals surface area contributed by atoms with E-state index in [1.54, 1.807) is 29.7 Å². The number of amides is 2. The van der Waals surface area contributed by atoms with E-state index in [4.69, 9.17) is 9.94 Å². The number of hydrogen-bond acceptors (Lipinski definition) is 6. The summed E-state index contributed by atoms with van der Waals surface area (Å²) >= 11 is 0. The number of nitrogens with one attached hydrogen (secondary N) is 2. The number of aliphatic hydroxyl groups excluding tert-OH is 1. The summed E-state index contributed by atoms with van der Waals surface area (Å²) in [6.45, 7) is 2.32. The minimum atomic E-state index is -0.807. The number of rotatable bonds is 7. The molecule has 0 atom stereocenters. The Morgan fingerprint density at radius 2 is 1.82 bits per heavy atom. The largest absolute Gasteiger partial charge is 0.489 e. The van der Waals surface area contributed by atoms with Gasteiger partial charge in [0, 0.05) is 27.7 Å². The fraction of sp³-hybridized carbons (Fsp3) is 0.346. The first-order valence-electron chi connectivity index (χ1n) is 11.4. The molecule has 0 bridgehead atoms. The van der Waals surface area contributed by atoms with Crippen molar-refractivity contribution in [2.75, 3.05) is 0 Å². The molecule has 3 aromatic rings. The van der Waals surface area contributed by atoms with Gasteiger partial charge in [0.1, 0.15) is 12.4 Å². The van der Waals surface area contributed by atoms with E-state index in [1.807, 2.05) is 37.3 Å². The molecule has 34 heavy (non-hydrogen) atoms. The summed E-state index contributed by atoms with van der Waals surface area (Å²) in [6, 6.07) is 16.8. The van der Waals surface area contributed by atoms with E-state index in [9.17, 15) is 14.7 Å². The molecule has 0 saturated heterocycles. The molecule has 4 rings (SSSR count). The van der Waals surface area contributed by atoms with Crippen LogP contribution in [0.3, 0.4) is 0 Å². The van der Waals surface area contributed by atoms with Gasteiger partial charge in [-0.25, -0.2) is 5.48 Å². The number of para-hydroxylation sites is 1. The Labute approximate surface area is 197 Å². The lowest BCUT2D eigenvalue weighted by Crippen LogP contribution is -2.53. The number of hydrogen-bond donors (Lipinski definition) is 4. The third kappa shape index (κ3) is 5.52. The lowest BCUT2D eigenvalue weighted by atomic mass is 9.77. The lowest BCUT2D eigenvalue weighted by molar-refractivity contribution is -0.131. The average molecular weight is 464 g/mol. The van der Waals surface area contributed by atoms with Crippen molar-refractivity contribution in [1.29, 1.82) is 0 Å². The monoisotopic (exact) mass is 463 g/mol. The van der Waals surface area contributed by atoms with E-state index in [-0.39, 0.29) is 12.3 Å². The van der Waals surface area contributed by atoms with Crippen LogP contribution in [0.25, 0.3) is 10.9 Å². The van der Waals surface area contributed by atoms with Crippen molar-refractivity contribution in [1.82, 2.24) is 15.8 Å². The predicted octanol–water partition coefficient (Wildman–Crippen LogP) is 3.42. The highest BCUT2D eigenvalue weighted by Crippen LogP contribution is 2.32. The first-order chi connectivity index (χ1) is 16.4. The number of carbonyl (C=O) groups is 2. The molecular weight excluding hydrogens is 434 g/mol. The molecule has 0 spiro atoms. The number of pyridine rings is 1. The third-order valence-corrected chi connectivity index (χ3v) is 6.36. The minimum absolute atomic E-state index is 0.0531. The highest BCUT2D eigenvalue weighted by molar-refractivity contribution is 5.95. The normalized spacial score (nSPS) is 20.0. The summed E-state index contributed by atoms with van der Waals surface area (Å²) < 4.78 is 5.97. The number of nitrogens with zero attached hydrogens (tertiary/aromatic N) is 1. The van der Waals surface area contributed by atoms with Crippen molar-refractivity contribution in [2.45, 2.75) is 57.3 Å². The number of aryl methyl sites for hydroxylation is 1. The number of carbonyl (C=O) groups excluding carboxylic acids is 2. The highest BCUT2D eigenvalue weighted by atomic mass is 16.5. The van der Waals surface area contributed by atoms with Crippen LogP contribution in [0, 0.1) is 6.92 Å². The Morgan fingerprint density at radius 3 is 2.53 bits per heavy atom. The second-order valence-corrected chi connectivity index (χ2v) is 8.93. The van der Waals surface area contributed by atoms with E-state index in [0.717, 1.165) is 22.2 Å². The molecule has 4 N–H and O–H groups in total. The SMILES string of the molecule is Cc1cc(COc2ccc(C(=O)N[C@]3(CC(=O)NO)CC[C@@H](O)CC3)cc2)c2ccccc2n1. The van der Waals surface area contributed by atoms with E-state index < -0.39 is 17.6 Å². The number of hydroxylamine groups is 1. The van der Waals surface area contributed by atoms with Gasteiger partial charge in [0.25, 0.3) is 5.91 Å². The van der Waals surface area contributed by atoms with Crippen molar-refractivity contribution in [3.8, 4) is 5.75 Å². The number of aliphatic hydroxyl groups is 1. The van der Waals surface area contributed by atoms with Crippen LogP contribution in [0.2, 0.25) is 0 Å². The fourth-order valence-electron chi connectivity index (χ4n) is 4.54. The summed E-state index contributed by atoms with van der Waals surface area (Å²) in [4.78, 5) is 29.3. The van der Waals surface area contributed by atoms with Crippen LogP contribution in [0.4, 0.5) is 0 Å². The molecule has 1 aliphatic rings. The van der Waals surface area contributed by atoms with Crippen molar-refractivity contribution in [3.05, 3.63) is 71.4 Å². The molecule has 8 nitrogen and oxygen atoms in total. The predicted molar refractivity (Wildman–Crippen MR) is 126 cm³/mol. The van der Waals surface area contributed by atoms with Crippen LogP contribution in [0.5, 0.6) is 5.75 Å². The molecule has 178 valence electrons. The van der Waals surface area contributed by atoms with E-state index >= 15 is 0 Å². The number of ether oxygens (including phenoxy) is 1. The first kappa shape index (κ1) is 23.7. The zero-order valence-electron chi connectivity index (χ0n) is 19.1. The van der Waals surface area contributed by atoms with Crippen LogP contribution in [-0.4, -0.2) is 38.8 Å². The molecular formula is C26H29N3O5. The quantitative estimate of drug-likeness (QED) is 0.315. The van der Waals surface area contributed by atoms with E-state index in [1.165, 1.54) is 0 Å². The van der Waals surface area contributed by atoms with Crippen molar-refractivity contribution >= 4 is 22.7 Å². The van der Waals surface area contributed by atoms with Crippen LogP contribution < -0.4 is 15.5 Å². The molecule has 0 unspecified atom stereocenters. The van der Waals surface area contributed by atoms with Crippen molar-refractivity contribution in [2.24, 2.45) is 0 Å². The van der Waals surface area contributed by atoms with Crippen LogP contribution in [0.1, 0.15) is 53.7 Å². The molecule has 0 radical (unpaired) electrons. The van der Waals surface area contributed by atoms with Crippen LogP contribution in [-0.2, 0) is 11.4 Å². The number of benzene rings is 2. The Morgan fingerprint density at radius 1 is 1.12 bits per heavy atom. The minimum Gasteiger partial charge on any atom is -0.489 e.